The topological polar surface area (TPSA) is 18.5 Å². The largest absolute Gasteiger partial charge is 0.492 e. The first-order valence-corrected chi connectivity index (χ1v) is 11.9. The normalized spacial score (nSPS) is 17.9. The molecule has 1 aromatic carbocycles. The van der Waals surface area contributed by atoms with Gasteiger partial charge in [0, 0.05) is 0 Å². The van der Waals surface area contributed by atoms with E-state index in [1.807, 2.05) is 0 Å². The maximum atomic E-state index is 13.5. The molecule has 0 aliphatic heterocycles. The first-order valence-electron chi connectivity index (χ1n) is 8.01. The Balaban J connectivity index is 3.94. The van der Waals surface area contributed by atoms with Crippen LogP contribution in [0.25, 0.3) is 0 Å². The van der Waals surface area contributed by atoms with Crippen molar-refractivity contribution in [2.45, 2.75) is 49.3 Å². The van der Waals surface area contributed by atoms with E-state index in [0.29, 0.717) is 12.8 Å². The van der Waals surface area contributed by atoms with Crippen molar-refractivity contribution in [3.63, 3.8) is 0 Å². The van der Waals surface area contributed by atoms with Crippen molar-refractivity contribution in [3.8, 4) is 11.5 Å². The molecule has 0 amide bonds. The highest BCUT2D eigenvalue weighted by Crippen LogP contribution is 3.10. The summed E-state index contributed by atoms with van der Waals surface area (Å²) < 4.78 is 143. The highest BCUT2D eigenvalue weighted by atomic mass is 32.5. The first kappa shape index (κ1) is 24.9. The number of halogens is 10. The molecule has 0 radical (unpaired) electrons. The number of rotatable bonds is 10. The Morgan fingerprint density at radius 3 is 1.11 bits per heavy atom. The molecule has 0 bridgehead atoms. The molecule has 0 aromatic heterocycles. The third kappa shape index (κ3) is 6.71. The first-order chi connectivity index (χ1) is 12.1. The van der Waals surface area contributed by atoms with Crippen LogP contribution in [0.4, 0.5) is 38.9 Å². The molecule has 0 atom stereocenters. The van der Waals surface area contributed by atoms with Gasteiger partial charge < -0.3 is 9.47 Å². The van der Waals surface area contributed by atoms with Gasteiger partial charge in [-0.15, -0.1) is 0 Å². The molecule has 0 saturated heterocycles. The second-order valence-corrected chi connectivity index (χ2v) is 10.8. The molecule has 0 heterocycles. The molecular formula is C14H20F10O2S2. The Bertz CT molecular complexity index is 664. The lowest BCUT2D eigenvalue weighted by molar-refractivity contribution is 0.263. The molecule has 1 rings (SSSR count). The fourth-order valence-electron chi connectivity index (χ4n) is 2.14. The summed E-state index contributed by atoms with van der Waals surface area (Å²) in [7, 11) is -22.6. The highest BCUT2D eigenvalue weighted by Gasteiger charge is 2.78. The van der Waals surface area contributed by atoms with Crippen LogP contribution in [0.15, 0.2) is 21.9 Å². The van der Waals surface area contributed by atoms with Gasteiger partial charge in [-0.1, -0.05) is 65.5 Å². The standard InChI is InChI=1S/C14H20F10O2S2/c1-3-5-9-25-11-7-8-12(26-10-6-4-2)14(28(20,21,22,23)24)13(11)27(15,16,17,18)19/h7-8H,3-6,9-10H2,1-2H3. The Labute approximate surface area is 155 Å². The summed E-state index contributed by atoms with van der Waals surface area (Å²) in [6.07, 6.45) is 0.608. The summed E-state index contributed by atoms with van der Waals surface area (Å²) in [5.41, 5.74) is 0. The maximum Gasteiger partial charge on any atom is 0.315 e. The number of unbranched alkanes of at least 4 members (excludes halogenated alkanes) is 2. The smallest absolute Gasteiger partial charge is 0.315 e. The summed E-state index contributed by atoms with van der Waals surface area (Å²) in [5.74, 6) is -4.03. The van der Waals surface area contributed by atoms with Crippen LogP contribution in [0.5, 0.6) is 11.5 Å². The summed E-state index contributed by atoms with van der Waals surface area (Å²) >= 11 is 0. The van der Waals surface area contributed by atoms with Crippen LogP contribution in [0.2, 0.25) is 0 Å². The molecule has 28 heavy (non-hydrogen) atoms. The molecule has 0 aliphatic carbocycles. The van der Waals surface area contributed by atoms with Gasteiger partial charge in [0.1, 0.15) is 11.5 Å². The van der Waals surface area contributed by atoms with E-state index < -0.39 is 55.0 Å². The molecule has 0 saturated carbocycles. The average Bonchev–Trinajstić information content (AvgIpc) is 2.43. The molecule has 0 aliphatic rings. The van der Waals surface area contributed by atoms with Crippen molar-refractivity contribution in [1.82, 2.24) is 0 Å². The van der Waals surface area contributed by atoms with Crippen LogP contribution in [0.1, 0.15) is 39.5 Å². The van der Waals surface area contributed by atoms with E-state index in [-0.39, 0.29) is 25.0 Å². The van der Waals surface area contributed by atoms with Crippen molar-refractivity contribution in [2.75, 3.05) is 13.2 Å². The predicted octanol–water partition coefficient (Wildman–Crippen LogP) is 9.36. The van der Waals surface area contributed by atoms with Crippen molar-refractivity contribution in [2.24, 2.45) is 0 Å². The third-order valence-corrected chi connectivity index (χ3v) is 5.81. The molecule has 0 fully saturated rings. The molecule has 0 N–H and O–H groups in total. The van der Waals surface area contributed by atoms with E-state index in [4.69, 9.17) is 0 Å². The monoisotopic (exact) mass is 474 g/mol. The second kappa shape index (κ2) is 6.16. The van der Waals surface area contributed by atoms with Gasteiger partial charge in [0.05, 0.1) is 13.2 Å². The molecule has 14 heteroatoms. The van der Waals surface area contributed by atoms with E-state index in [0.717, 1.165) is 0 Å². The van der Waals surface area contributed by atoms with Gasteiger partial charge in [0.2, 0.25) is 0 Å². The Kier molecular flexibility index (Phi) is 5.47. The van der Waals surface area contributed by atoms with Gasteiger partial charge in [-0.2, -0.15) is 0 Å². The Morgan fingerprint density at radius 2 is 0.893 bits per heavy atom. The molecule has 0 spiro atoms. The lowest BCUT2D eigenvalue weighted by Crippen LogP contribution is -2.19. The number of hydrogen-bond acceptors (Lipinski definition) is 2. The fourth-order valence-corrected chi connectivity index (χ4v) is 5.00. The highest BCUT2D eigenvalue weighted by molar-refractivity contribution is 8.48. The number of benzene rings is 1. The predicted molar refractivity (Wildman–Crippen MR) is 90.0 cm³/mol. The summed E-state index contributed by atoms with van der Waals surface area (Å²) in [5, 5.41) is 0. The van der Waals surface area contributed by atoms with Gasteiger partial charge >= 0.3 is 20.4 Å². The summed E-state index contributed by atoms with van der Waals surface area (Å²) in [6, 6.07) is 0.272. The van der Waals surface area contributed by atoms with Gasteiger partial charge in [-0.05, 0) is 25.0 Å². The van der Waals surface area contributed by atoms with Crippen molar-refractivity contribution in [3.05, 3.63) is 12.1 Å². The molecule has 1 aromatic rings. The zero-order valence-electron chi connectivity index (χ0n) is 14.8. The number of hydrogen-bond donors (Lipinski definition) is 0. The zero-order chi connectivity index (χ0) is 22.2. The SMILES string of the molecule is CCCCOc1ccc(OCCCC)c(S(F)(F)(F)(F)F)c1S(F)(F)(F)(F)F. The third-order valence-electron chi connectivity index (χ3n) is 3.32. The van der Waals surface area contributed by atoms with Gasteiger partial charge in [0.15, 0.2) is 9.79 Å². The van der Waals surface area contributed by atoms with E-state index in [1.54, 1.807) is 13.8 Å². The quantitative estimate of drug-likeness (QED) is 0.248. The minimum absolute atomic E-state index is 0.000251. The Morgan fingerprint density at radius 1 is 0.607 bits per heavy atom. The lowest BCUT2D eigenvalue weighted by Gasteiger charge is -2.48. The van der Waals surface area contributed by atoms with Crippen LogP contribution in [-0.4, -0.2) is 13.2 Å². The summed E-state index contributed by atoms with van der Waals surface area (Å²) in [6.45, 7) is 1.74. The van der Waals surface area contributed by atoms with Crippen LogP contribution in [0, 0.1) is 0 Å². The molecule has 170 valence electrons. The minimum atomic E-state index is -11.3. The van der Waals surface area contributed by atoms with E-state index >= 15 is 0 Å². The summed E-state index contributed by atoms with van der Waals surface area (Å²) in [4.78, 5) is -7.60. The molecule has 2 nitrogen and oxygen atoms in total. The van der Waals surface area contributed by atoms with E-state index in [9.17, 15) is 38.9 Å². The van der Waals surface area contributed by atoms with E-state index in [1.165, 1.54) is 0 Å². The van der Waals surface area contributed by atoms with Crippen LogP contribution >= 0.6 is 20.4 Å². The van der Waals surface area contributed by atoms with Gasteiger partial charge in [0.25, 0.3) is 0 Å². The van der Waals surface area contributed by atoms with Crippen molar-refractivity contribution >= 4 is 20.4 Å². The fraction of sp³-hybridized carbons (Fsp3) is 0.571. The van der Waals surface area contributed by atoms with Crippen molar-refractivity contribution in [1.29, 1.82) is 0 Å². The number of ether oxygens (including phenoxy) is 2. The van der Waals surface area contributed by atoms with Crippen LogP contribution < -0.4 is 9.47 Å². The van der Waals surface area contributed by atoms with Gasteiger partial charge in [-0.25, -0.2) is 0 Å². The van der Waals surface area contributed by atoms with Gasteiger partial charge in [-0.3, -0.25) is 0 Å². The van der Waals surface area contributed by atoms with E-state index in [2.05, 4.69) is 9.47 Å². The van der Waals surface area contributed by atoms with Crippen LogP contribution in [0.3, 0.4) is 0 Å². The van der Waals surface area contributed by atoms with Crippen molar-refractivity contribution < 1.29 is 48.3 Å². The van der Waals surface area contributed by atoms with Crippen LogP contribution in [-0.2, 0) is 0 Å². The maximum absolute atomic E-state index is 13.5. The molecular weight excluding hydrogens is 454 g/mol. The second-order valence-electron chi connectivity index (χ2n) is 6.06. The minimum Gasteiger partial charge on any atom is -0.492 e. The average molecular weight is 474 g/mol. The lowest BCUT2D eigenvalue weighted by atomic mass is 10.3. The zero-order valence-corrected chi connectivity index (χ0v) is 16.4. The Hall–Kier alpha value is -1.18. The molecule has 0 unspecified atom stereocenters.